The number of nitrogens with zero attached hydrogens (tertiary/aromatic N) is 2. The van der Waals surface area contributed by atoms with Gasteiger partial charge in [-0.3, -0.25) is 9.10 Å². The van der Waals surface area contributed by atoms with Crippen LogP contribution in [-0.4, -0.2) is 33.4 Å². The molecule has 1 amide bonds. The molecule has 0 spiro atoms. The normalized spacial score (nSPS) is 11.3. The van der Waals surface area contributed by atoms with Crippen LogP contribution in [0, 0.1) is 6.92 Å². The number of rotatable bonds is 12. The van der Waals surface area contributed by atoms with Gasteiger partial charge in [-0.15, -0.1) is 0 Å². The quantitative estimate of drug-likeness (QED) is 0.150. The van der Waals surface area contributed by atoms with Gasteiger partial charge in [0.1, 0.15) is 6.61 Å². The molecule has 0 fully saturated rings. The first-order chi connectivity index (χ1) is 20.1. The summed E-state index contributed by atoms with van der Waals surface area (Å²) < 4.78 is 38.1. The van der Waals surface area contributed by atoms with Crippen LogP contribution in [0.3, 0.4) is 0 Å². The third-order valence-corrected chi connectivity index (χ3v) is 7.70. The highest BCUT2D eigenvalue weighted by molar-refractivity contribution is 7.92. The van der Waals surface area contributed by atoms with Gasteiger partial charge in [0.2, 0.25) is 10.0 Å². The zero-order valence-corrected chi connectivity index (χ0v) is 25.2. The number of carbonyl (C=O) groups is 1. The third kappa shape index (κ3) is 8.34. The van der Waals surface area contributed by atoms with Crippen LogP contribution >= 0.6 is 11.6 Å². The number of sulfonamides is 1. The number of halogens is 1. The first kappa shape index (κ1) is 30.6. The lowest BCUT2D eigenvalue weighted by atomic mass is 10.1. The average molecular weight is 606 g/mol. The van der Waals surface area contributed by atoms with E-state index in [1.807, 2.05) is 56.3 Å². The molecule has 0 aromatic heterocycles. The highest BCUT2D eigenvalue weighted by Gasteiger charge is 2.19. The summed E-state index contributed by atoms with van der Waals surface area (Å²) in [6.45, 7) is 4.78. The Kier molecular flexibility index (Phi) is 10.2. The van der Waals surface area contributed by atoms with Crippen LogP contribution in [0.2, 0.25) is 5.02 Å². The van der Waals surface area contributed by atoms with Gasteiger partial charge in [-0.05, 0) is 90.7 Å². The van der Waals surface area contributed by atoms with Crippen molar-refractivity contribution in [2.24, 2.45) is 5.10 Å². The van der Waals surface area contributed by atoms with Crippen LogP contribution in [0.4, 0.5) is 5.69 Å². The van der Waals surface area contributed by atoms with Crippen molar-refractivity contribution in [1.29, 1.82) is 0 Å². The molecule has 0 atom stereocenters. The number of hydrazone groups is 1. The SMILES string of the molecule is CCOc1cc(/C=N\NC(=O)c2ccc(N(Cc3ccccc3C)S(C)(=O)=O)cc2)ccc1OCc1cccc(Cl)c1. The summed E-state index contributed by atoms with van der Waals surface area (Å²) in [6.07, 6.45) is 2.67. The average Bonchev–Trinajstić information content (AvgIpc) is 2.96. The summed E-state index contributed by atoms with van der Waals surface area (Å²) in [5.41, 5.74) is 6.82. The maximum atomic E-state index is 12.7. The Hall–Kier alpha value is -4.34. The first-order valence-electron chi connectivity index (χ1n) is 13.2. The molecule has 218 valence electrons. The number of hydrogen-bond donors (Lipinski definition) is 1. The predicted octanol–water partition coefficient (Wildman–Crippen LogP) is 6.36. The fraction of sp³-hybridized carbons (Fsp3) is 0.188. The van der Waals surface area contributed by atoms with Gasteiger partial charge in [0, 0.05) is 10.6 Å². The highest BCUT2D eigenvalue weighted by Crippen LogP contribution is 2.29. The zero-order chi connectivity index (χ0) is 30.1. The summed E-state index contributed by atoms with van der Waals surface area (Å²) in [4.78, 5) is 12.7. The summed E-state index contributed by atoms with van der Waals surface area (Å²) in [6, 6.07) is 26.7. The Morgan fingerprint density at radius 3 is 2.40 bits per heavy atom. The van der Waals surface area contributed by atoms with Crippen LogP contribution in [0.15, 0.2) is 96.1 Å². The third-order valence-electron chi connectivity index (χ3n) is 6.32. The predicted molar refractivity (Wildman–Crippen MR) is 167 cm³/mol. The lowest BCUT2D eigenvalue weighted by Gasteiger charge is -2.23. The molecule has 8 nitrogen and oxygen atoms in total. The second kappa shape index (κ2) is 14.0. The van der Waals surface area contributed by atoms with Gasteiger partial charge in [0.15, 0.2) is 11.5 Å². The standard InChI is InChI=1S/C32H32ClN3O5S/c1-4-40-31-19-24(12-17-30(31)41-22-25-9-7-11-28(33)18-25)20-34-35-32(37)26-13-15-29(16-14-26)36(42(3,38)39)21-27-10-6-5-8-23(27)2/h5-20H,4,21-22H2,1-3H3,(H,35,37)/b34-20-. The van der Waals surface area contributed by atoms with Crippen molar-refractivity contribution in [3.05, 3.63) is 124 Å². The molecule has 4 aromatic carbocycles. The van der Waals surface area contributed by atoms with Crippen molar-refractivity contribution in [3.8, 4) is 11.5 Å². The number of amides is 1. The molecule has 0 bridgehead atoms. The van der Waals surface area contributed by atoms with Crippen LogP contribution < -0.4 is 19.2 Å². The number of aryl methyl sites for hydroxylation is 1. The van der Waals surface area contributed by atoms with E-state index in [-0.39, 0.29) is 6.54 Å². The first-order valence-corrected chi connectivity index (χ1v) is 15.5. The number of nitrogens with one attached hydrogen (secondary N) is 1. The van der Waals surface area contributed by atoms with E-state index in [1.54, 1.807) is 48.5 Å². The van der Waals surface area contributed by atoms with Crippen molar-refractivity contribution in [1.82, 2.24) is 5.43 Å². The molecule has 42 heavy (non-hydrogen) atoms. The Morgan fingerprint density at radius 2 is 1.71 bits per heavy atom. The van der Waals surface area contributed by atoms with Crippen molar-refractivity contribution < 1.29 is 22.7 Å². The number of carbonyl (C=O) groups excluding carboxylic acids is 1. The summed E-state index contributed by atoms with van der Waals surface area (Å²) in [5.74, 6) is 0.685. The molecule has 0 saturated carbocycles. The molecular weight excluding hydrogens is 574 g/mol. The van der Waals surface area contributed by atoms with E-state index in [2.05, 4.69) is 10.5 Å². The van der Waals surface area contributed by atoms with Gasteiger partial charge in [-0.2, -0.15) is 5.10 Å². The molecule has 0 aliphatic carbocycles. The second-order valence-electron chi connectivity index (χ2n) is 9.50. The Morgan fingerprint density at radius 1 is 0.952 bits per heavy atom. The van der Waals surface area contributed by atoms with Crippen molar-refractivity contribution in [3.63, 3.8) is 0 Å². The summed E-state index contributed by atoms with van der Waals surface area (Å²) >= 11 is 6.06. The molecule has 4 aromatic rings. The van der Waals surface area contributed by atoms with Gasteiger partial charge < -0.3 is 9.47 Å². The van der Waals surface area contributed by atoms with E-state index < -0.39 is 15.9 Å². The highest BCUT2D eigenvalue weighted by atomic mass is 35.5. The smallest absolute Gasteiger partial charge is 0.271 e. The number of ether oxygens (including phenoxy) is 2. The minimum absolute atomic E-state index is 0.190. The monoisotopic (exact) mass is 605 g/mol. The Labute approximate surface area is 251 Å². The van der Waals surface area contributed by atoms with Gasteiger partial charge in [-0.25, -0.2) is 13.8 Å². The minimum atomic E-state index is -3.56. The number of hydrogen-bond acceptors (Lipinski definition) is 6. The van der Waals surface area contributed by atoms with Gasteiger partial charge >= 0.3 is 0 Å². The molecule has 0 radical (unpaired) electrons. The number of anilines is 1. The molecule has 1 N–H and O–H groups in total. The zero-order valence-electron chi connectivity index (χ0n) is 23.6. The maximum Gasteiger partial charge on any atom is 0.271 e. The van der Waals surface area contributed by atoms with Crippen LogP contribution in [0.25, 0.3) is 0 Å². The van der Waals surface area contributed by atoms with Crippen LogP contribution in [-0.2, 0) is 23.2 Å². The lowest BCUT2D eigenvalue weighted by molar-refractivity contribution is 0.0955. The molecular formula is C32H32ClN3O5S. The lowest BCUT2D eigenvalue weighted by Crippen LogP contribution is -2.29. The van der Waals surface area contributed by atoms with Gasteiger partial charge in [0.25, 0.3) is 5.91 Å². The van der Waals surface area contributed by atoms with E-state index in [0.717, 1.165) is 22.9 Å². The van der Waals surface area contributed by atoms with Gasteiger partial charge in [0.05, 0.1) is 31.3 Å². The summed E-state index contributed by atoms with van der Waals surface area (Å²) in [5, 5.41) is 4.71. The maximum absolute atomic E-state index is 12.7. The van der Waals surface area contributed by atoms with Crippen LogP contribution in [0.1, 0.15) is 39.5 Å². The Bertz CT molecular complexity index is 1670. The number of benzene rings is 4. The molecule has 0 heterocycles. The molecule has 0 aliphatic rings. The van der Waals surface area contributed by atoms with Crippen molar-refractivity contribution in [2.75, 3.05) is 17.2 Å². The topological polar surface area (TPSA) is 97.3 Å². The molecule has 0 unspecified atom stereocenters. The molecule has 10 heteroatoms. The van der Waals surface area contributed by atoms with Crippen LogP contribution in [0.5, 0.6) is 11.5 Å². The Balaban J connectivity index is 1.40. The summed E-state index contributed by atoms with van der Waals surface area (Å²) in [7, 11) is -3.56. The van der Waals surface area contributed by atoms with E-state index >= 15 is 0 Å². The molecule has 4 rings (SSSR count). The minimum Gasteiger partial charge on any atom is -0.490 e. The van der Waals surface area contributed by atoms with E-state index in [4.69, 9.17) is 21.1 Å². The fourth-order valence-corrected chi connectivity index (χ4v) is 5.22. The van der Waals surface area contributed by atoms with E-state index in [0.29, 0.717) is 46.5 Å². The largest absolute Gasteiger partial charge is 0.490 e. The van der Waals surface area contributed by atoms with Crippen molar-refractivity contribution >= 4 is 39.4 Å². The molecule has 0 aliphatic heterocycles. The fourth-order valence-electron chi connectivity index (χ4n) is 4.13. The van der Waals surface area contributed by atoms with E-state index in [1.165, 1.54) is 10.5 Å². The van der Waals surface area contributed by atoms with Gasteiger partial charge in [-0.1, -0.05) is 48.0 Å². The van der Waals surface area contributed by atoms with E-state index in [9.17, 15) is 13.2 Å². The second-order valence-corrected chi connectivity index (χ2v) is 11.8. The molecule has 0 saturated heterocycles. The van der Waals surface area contributed by atoms with Crippen molar-refractivity contribution in [2.45, 2.75) is 27.0 Å².